The lowest BCUT2D eigenvalue weighted by Gasteiger charge is -2.34. The molecule has 0 saturated carbocycles. The van der Waals surface area contributed by atoms with Gasteiger partial charge >= 0.3 is 0 Å². The molecule has 7 heteroatoms. The van der Waals surface area contributed by atoms with E-state index >= 15 is 0 Å². The van der Waals surface area contributed by atoms with Gasteiger partial charge in [0, 0.05) is 44.8 Å². The predicted octanol–water partition coefficient (Wildman–Crippen LogP) is 0.839. The Hall–Kier alpha value is -1.54. The average Bonchev–Trinajstić information content (AvgIpc) is 2.66. The number of nitrogens with zero attached hydrogens (tertiary/aromatic N) is 2. The van der Waals surface area contributed by atoms with Gasteiger partial charge in [-0.3, -0.25) is 9.80 Å². The topological polar surface area (TPSA) is 63.6 Å². The van der Waals surface area contributed by atoms with Gasteiger partial charge in [0.25, 0.3) is 0 Å². The lowest BCUT2D eigenvalue weighted by atomic mass is 10.1. The van der Waals surface area contributed by atoms with Gasteiger partial charge in [0.2, 0.25) is 5.75 Å². The molecule has 0 aliphatic carbocycles. The molecular formula is C18H30N2O5. The van der Waals surface area contributed by atoms with E-state index in [0.29, 0.717) is 24.7 Å². The molecule has 0 radical (unpaired) electrons. The van der Waals surface area contributed by atoms with E-state index in [-0.39, 0.29) is 6.61 Å². The molecule has 0 unspecified atom stereocenters. The van der Waals surface area contributed by atoms with Gasteiger partial charge in [0.05, 0.1) is 41.2 Å². The van der Waals surface area contributed by atoms with E-state index < -0.39 is 0 Å². The first-order valence-corrected chi connectivity index (χ1v) is 8.64. The van der Waals surface area contributed by atoms with E-state index in [2.05, 4.69) is 9.80 Å². The fourth-order valence-corrected chi connectivity index (χ4v) is 3.06. The van der Waals surface area contributed by atoms with Crippen molar-refractivity contribution in [3.63, 3.8) is 0 Å². The molecule has 1 saturated heterocycles. The Balaban J connectivity index is 1.89. The van der Waals surface area contributed by atoms with Gasteiger partial charge in [0.1, 0.15) is 0 Å². The van der Waals surface area contributed by atoms with Crippen molar-refractivity contribution in [1.29, 1.82) is 0 Å². The van der Waals surface area contributed by atoms with Crippen molar-refractivity contribution >= 4 is 0 Å². The maximum absolute atomic E-state index is 8.72. The van der Waals surface area contributed by atoms with E-state index in [1.165, 1.54) is 0 Å². The van der Waals surface area contributed by atoms with Crippen LogP contribution in [-0.4, -0.2) is 88.8 Å². The van der Waals surface area contributed by atoms with Crippen molar-refractivity contribution in [2.75, 3.05) is 73.9 Å². The second-order valence-corrected chi connectivity index (χ2v) is 5.95. The monoisotopic (exact) mass is 354 g/mol. The minimum absolute atomic E-state index is 0.0843. The zero-order valence-corrected chi connectivity index (χ0v) is 15.5. The van der Waals surface area contributed by atoms with Gasteiger partial charge in [0.15, 0.2) is 11.5 Å². The highest BCUT2D eigenvalue weighted by molar-refractivity contribution is 5.55. The first-order chi connectivity index (χ1) is 12.2. The smallest absolute Gasteiger partial charge is 0.203 e. The molecule has 1 aromatic rings. The number of aliphatic hydroxyl groups excluding tert-OH is 1. The zero-order valence-electron chi connectivity index (χ0n) is 15.5. The number of methoxy groups -OCH3 is 3. The van der Waals surface area contributed by atoms with Crippen LogP contribution in [0.25, 0.3) is 0 Å². The number of hydrogen-bond donors (Lipinski definition) is 1. The largest absolute Gasteiger partial charge is 0.493 e. The molecule has 0 atom stereocenters. The lowest BCUT2D eigenvalue weighted by Crippen LogP contribution is -2.46. The third kappa shape index (κ3) is 5.47. The van der Waals surface area contributed by atoms with Gasteiger partial charge < -0.3 is 24.1 Å². The van der Waals surface area contributed by atoms with Gasteiger partial charge in [-0.25, -0.2) is 0 Å². The Labute approximate surface area is 150 Å². The quantitative estimate of drug-likeness (QED) is 0.625. The number of piperazine rings is 1. The second kappa shape index (κ2) is 10.5. The summed E-state index contributed by atoms with van der Waals surface area (Å²) in [5.41, 5.74) is 1.10. The third-order valence-electron chi connectivity index (χ3n) is 4.43. The van der Waals surface area contributed by atoms with Crippen LogP contribution in [0, 0.1) is 0 Å². The normalized spacial score (nSPS) is 16.0. The summed E-state index contributed by atoms with van der Waals surface area (Å²) in [6.45, 7) is 6.92. The van der Waals surface area contributed by atoms with Crippen LogP contribution in [0.3, 0.4) is 0 Å². The molecule has 2 rings (SSSR count). The second-order valence-electron chi connectivity index (χ2n) is 5.95. The Bertz CT molecular complexity index is 518. The van der Waals surface area contributed by atoms with Crippen LogP contribution in [0.4, 0.5) is 0 Å². The summed E-state index contributed by atoms with van der Waals surface area (Å²) in [6, 6.07) is 3.96. The molecule has 7 nitrogen and oxygen atoms in total. The number of aliphatic hydroxyl groups is 1. The van der Waals surface area contributed by atoms with Gasteiger partial charge in [-0.15, -0.1) is 0 Å². The first-order valence-electron chi connectivity index (χ1n) is 8.64. The molecule has 0 aromatic heterocycles. The summed E-state index contributed by atoms with van der Waals surface area (Å²) >= 11 is 0. The van der Waals surface area contributed by atoms with Crippen molar-refractivity contribution in [2.24, 2.45) is 0 Å². The molecule has 25 heavy (non-hydrogen) atoms. The highest BCUT2D eigenvalue weighted by Crippen LogP contribution is 2.40. The van der Waals surface area contributed by atoms with E-state index in [1.807, 2.05) is 12.1 Å². The highest BCUT2D eigenvalue weighted by atomic mass is 16.5. The van der Waals surface area contributed by atoms with Gasteiger partial charge in [-0.05, 0) is 6.07 Å². The minimum Gasteiger partial charge on any atom is -0.493 e. The fourth-order valence-electron chi connectivity index (χ4n) is 3.06. The fraction of sp³-hybridized carbons (Fsp3) is 0.667. The predicted molar refractivity (Wildman–Crippen MR) is 95.7 cm³/mol. The van der Waals surface area contributed by atoms with Crippen molar-refractivity contribution in [3.8, 4) is 17.2 Å². The molecule has 1 aliphatic rings. The highest BCUT2D eigenvalue weighted by Gasteiger charge is 2.21. The van der Waals surface area contributed by atoms with E-state index in [0.717, 1.165) is 50.6 Å². The minimum atomic E-state index is 0.0843. The van der Waals surface area contributed by atoms with E-state index in [9.17, 15) is 0 Å². The Morgan fingerprint density at radius 3 is 2.16 bits per heavy atom. The molecule has 142 valence electrons. The summed E-state index contributed by atoms with van der Waals surface area (Å²) in [7, 11) is 4.91. The van der Waals surface area contributed by atoms with Crippen LogP contribution in [0.2, 0.25) is 0 Å². The third-order valence-corrected chi connectivity index (χ3v) is 4.43. The van der Waals surface area contributed by atoms with Crippen LogP contribution in [0.5, 0.6) is 17.2 Å². The molecule has 0 bridgehead atoms. The average molecular weight is 354 g/mol. The van der Waals surface area contributed by atoms with Crippen LogP contribution < -0.4 is 14.2 Å². The van der Waals surface area contributed by atoms with Crippen LogP contribution in [0.15, 0.2) is 12.1 Å². The maximum Gasteiger partial charge on any atom is 0.203 e. The number of rotatable bonds is 10. The maximum atomic E-state index is 8.72. The molecule has 1 aliphatic heterocycles. The summed E-state index contributed by atoms with van der Waals surface area (Å²) in [5.74, 6) is 2.06. The Morgan fingerprint density at radius 2 is 1.56 bits per heavy atom. The van der Waals surface area contributed by atoms with Crippen molar-refractivity contribution in [3.05, 3.63) is 17.7 Å². The zero-order chi connectivity index (χ0) is 18.1. The number of hydrogen-bond acceptors (Lipinski definition) is 7. The van der Waals surface area contributed by atoms with E-state index in [1.54, 1.807) is 21.3 Å². The number of ether oxygens (including phenoxy) is 4. The van der Waals surface area contributed by atoms with Crippen LogP contribution >= 0.6 is 0 Å². The number of benzene rings is 1. The van der Waals surface area contributed by atoms with Gasteiger partial charge in [-0.1, -0.05) is 6.07 Å². The standard InChI is InChI=1S/C18H30N2O5/c1-22-16-5-4-15(17(23-2)18(16)24-3)14-20-8-6-19(7-9-20)10-12-25-13-11-21/h4-5,21H,6-14H2,1-3H3. The summed E-state index contributed by atoms with van der Waals surface area (Å²) in [5, 5.41) is 8.72. The molecule has 0 amide bonds. The summed E-state index contributed by atoms with van der Waals surface area (Å²) in [6.07, 6.45) is 0. The molecule has 1 fully saturated rings. The SMILES string of the molecule is COc1ccc(CN2CCN(CCOCCO)CC2)c(OC)c1OC. The molecule has 0 spiro atoms. The first kappa shape index (κ1) is 19.8. The van der Waals surface area contributed by atoms with Crippen molar-refractivity contribution in [2.45, 2.75) is 6.54 Å². The summed E-state index contributed by atoms with van der Waals surface area (Å²) in [4.78, 5) is 4.80. The van der Waals surface area contributed by atoms with E-state index in [4.69, 9.17) is 24.1 Å². The Morgan fingerprint density at radius 1 is 0.880 bits per heavy atom. The lowest BCUT2D eigenvalue weighted by molar-refractivity contribution is 0.0562. The Kier molecular flexibility index (Phi) is 8.27. The van der Waals surface area contributed by atoms with Crippen molar-refractivity contribution < 1.29 is 24.1 Å². The van der Waals surface area contributed by atoms with Crippen LogP contribution in [-0.2, 0) is 11.3 Å². The molecule has 1 aromatic carbocycles. The molecule has 1 heterocycles. The molecular weight excluding hydrogens is 324 g/mol. The van der Waals surface area contributed by atoms with Crippen LogP contribution in [0.1, 0.15) is 5.56 Å². The molecule has 1 N–H and O–H groups in total. The van der Waals surface area contributed by atoms with Crippen molar-refractivity contribution in [1.82, 2.24) is 9.80 Å². The van der Waals surface area contributed by atoms with Gasteiger partial charge in [-0.2, -0.15) is 0 Å². The summed E-state index contributed by atoms with van der Waals surface area (Å²) < 4.78 is 21.7.